The predicted molar refractivity (Wildman–Crippen MR) is 92.8 cm³/mol. The lowest BCUT2D eigenvalue weighted by atomic mass is 10.1. The summed E-state index contributed by atoms with van der Waals surface area (Å²) in [7, 11) is 1.67. The number of ether oxygens (including phenoxy) is 1. The fourth-order valence-electron chi connectivity index (χ4n) is 3.12. The second-order valence-corrected chi connectivity index (χ2v) is 6.12. The Morgan fingerprint density at radius 2 is 1.72 bits per heavy atom. The Morgan fingerprint density at radius 1 is 1.04 bits per heavy atom. The maximum absolute atomic E-state index is 12.8. The molecule has 0 saturated heterocycles. The number of nitrogens with zero attached hydrogens (tertiary/aromatic N) is 1. The third-order valence-electron chi connectivity index (χ3n) is 4.54. The molecule has 2 aromatic carbocycles. The van der Waals surface area contributed by atoms with Crippen molar-refractivity contribution in [3.63, 3.8) is 0 Å². The van der Waals surface area contributed by atoms with Crippen LogP contribution in [-0.4, -0.2) is 18.3 Å². The van der Waals surface area contributed by atoms with E-state index in [1.807, 2.05) is 25.1 Å². The van der Waals surface area contributed by atoms with Crippen LogP contribution < -0.4 is 0 Å². The molecule has 0 aliphatic heterocycles. The highest BCUT2D eigenvalue weighted by Gasteiger charge is 2.30. The highest BCUT2D eigenvalue weighted by Crippen LogP contribution is 2.32. The summed E-state index contributed by atoms with van der Waals surface area (Å²) >= 11 is 0. The summed E-state index contributed by atoms with van der Waals surface area (Å²) in [6.07, 6.45) is -1.44. The third kappa shape index (κ3) is 3.56. The third-order valence-corrected chi connectivity index (χ3v) is 4.54. The normalized spacial score (nSPS) is 13.3. The van der Waals surface area contributed by atoms with E-state index >= 15 is 0 Å². The molecule has 1 heterocycles. The summed E-state index contributed by atoms with van der Waals surface area (Å²) in [5, 5.41) is 1.15. The van der Waals surface area contributed by atoms with Gasteiger partial charge in [0, 0.05) is 24.2 Å². The molecule has 2 nitrogen and oxygen atoms in total. The molecule has 0 unspecified atom stereocenters. The highest BCUT2D eigenvalue weighted by atomic mass is 19.4. The summed E-state index contributed by atoms with van der Waals surface area (Å²) < 4.78 is 45.6. The molecule has 0 aliphatic rings. The summed E-state index contributed by atoms with van der Waals surface area (Å²) in [4.78, 5) is 0. The van der Waals surface area contributed by atoms with Gasteiger partial charge in [0.05, 0.1) is 18.2 Å². The molecule has 25 heavy (non-hydrogen) atoms. The molecule has 1 atom stereocenters. The highest BCUT2D eigenvalue weighted by molar-refractivity contribution is 5.84. The van der Waals surface area contributed by atoms with E-state index in [1.54, 1.807) is 19.2 Å². The zero-order valence-electron chi connectivity index (χ0n) is 14.2. The summed E-state index contributed by atoms with van der Waals surface area (Å²) in [6.45, 7) is 2.62. The first kappa shape index (κ1) is 17.5. The second-order valence-electron chi connectivity index (χ2n) is 6.12. The fourth-order valence-corrected chi connectivity index (χ4v) is 3.12. The number of para-hydroxylation sites is 1. The Labute approximate surface area is 144 Å². The van der Waals surface area contributed by atoms with Gasteiger partial charge in [-0.2, -0.15) is 13.2 Å². The van der Waals surface area contributed by atoms with E-state index in [-0.39, 0.29) is 6.04 Å². The number of methoxy groups -OCH3 is 1. The van der Waals surface area contributed by atoms with Gasteiger partial charge in [-0.05, 0) is 42.7 Å². The van der Waals surface area contributed by atoms with E-state index in [9.17, 15) is 13.2 Å². The van der Waals surface area contributed by atoms with Crippen molar-refractivity contribution in [3.05, 3.63) is 71.4 Å². The molecular weight excluding hydrogens is 327 g/mol. The molecular formula is C20H20F3NO. The Hall–Kier alpha value is -2.27. The number of alkyl halides is 3. The lowest BCUT2D eigenvalue weighted by molar-refractivity contribution is -0.137. The molecule has 132 valence electrons. The number of hydrogen-bond donors (Lipinski definition) is 0. The molecule has 3 rings (SSSR count). The van der Waals surface area contributed by atoms with E-state index in [4.69, 9.17) is 4.74 Å². The molecule has 0 saturated carbocycles. The minimum Gasteiger partial charge on any atom is -0.384 e. The van der Waals surface area contributed by atoms with Gasteiger partial charge in [0.15, 0.2) is 0 Å². The number of fused-ring (bicyclic) bond motifs is 1. The first-order valence-electron chi connectivity index (χ1n) is 8.16. The minimum atomic E-state index is -4.31. The van der Waals surface area contributed by atoms with Gasteiger partial charge in [0.1, 0.15) is 0 Å². The Morgan fingerprint density at radius 3 is 2.36 bits per heavy atom. The van der Waals surface area contributed by atoms with Crippen molar-refractivity contribution in [1.82, 2.24) is 4.57 Å². The van der Waals surface area contributed by atoms with E-state index < -0.39 is 11.7 Å². The molecule has 1 aromatic heterocycles. The molecule has 0 N–H and O–H groups in total. The Bertz CT molecular complexity index is 849. The van der Waals surface area contributed by atoms with Crippen LogP contribution in [-0.2, 0) is 17.3 Å². The quantitative estimate of drug-likeness (QED) is 0.598. The van der Waals surface area contributed by atoms with Gasteiger partial charge in [-0.25, -0.2) is 0 Å². The van der Waals surface area contributed by atoms with Crippen LogP contribution in [0.2, 0.25) is 0 Å². The number of aromatic nitrogens is 1. The van der Waals surface area contributed by atoms with E-state index in [1.165, 1.54) is 5.56 Å². The summed E-state index contributed by atoms with van der Waals surface area (Å²) in [5.74, 6) is 0. The Kier molecular flexibility index (Phi) is 4.86. The van der Waals surface area contributed by atoms with Gasteiger partial charge >= 0.3 is 6.18 Å². The number of hydrogen-bond acceptors (Lipinski definition) is 1. The maximum atomic E-state index is 12.8. The van der Waals surface area contributed by atoms with Gasteiger partial charge < -0.3 is 9.30 Å². The Balaban J connectivity index is 1.98. The first-order valence-corrected chi connectivity index (χ1v) is 8.16. The van der Waals surface area contributed by atoms with Crippen LogP contribution in [0.5, 0.6) is 0 Å². The number of benzene rings is 2. The van der Waals surface area contributed by atoms with Gasteiger partial charge in [-0.3, -0.25) is 0 Å². The first-order chi connectivity index (χ1) is 11.9. The van der Waals surface area contributed by atoms with Gasteiger partial charge in [-0.1, -0.05) is 30.3 Å². The van der Waals surface area contributed by atoms with Gasteiger partial charge in [0.2, 0.25) is 0 Å². The second kappa shape index (κ2) is 6.92. The van der Waals surface area contributed by atoms with Crippen molar-refractivity contribution in [2.45, 2.75) is 25.6 Å². The zero-order valence-corrected chi connectivity index (χ0v) is 14.2. The topological polar surface area (TPSA) is 14.2 Å². The monoisotopic (exact) mass is 347 g/mol. The van der Waals surface area contributed by atoms with Crippen molar-refractivity contribution >= 4 is 10.9 Å². The summed E-state index contributed by atoms with van der Waals surface area (Å²) in [6, 6.07) is 13.4. The van der Waals surface area contributed by atoms with Crippen molar-refractivity contribution in [2.24, 2.45) is 0 Å². The van der Waals surface area contributed by atoms with E-state index in [2.05, 4.69) is 16.8 Å². The van der Waals surface area contributed by atoms with Crippen LogP contribution in [0.4, 0.5) is 13.2 Å². The van der Waals surface area contributed by atoms with Crippen molar-refractivity contribution < 1.29 is 17.9 Å². The maximum Gasteiger partial charge on any atom is 0.416 e. The van der Waals surface area contributed by atoms with Crippen LogP contribution in [0.15, 0.2) is 54.7 Å². The predicted octanol–water partition coefficient (Wildman–Crippen LogP) is 5.46. The smallest absolute Gasteiger partial charge is 0.384 e. The van der Waals surface area contributed by atoms with Crippen molar-refractivity contribution in [1.29, 1.82) is 0 Å². The molecule has 0 bridgehead atoms. The van der Waals surface area contributed by atoms with Crippen LogP contribution >= 0.6 is 0 Å². The lowest BCUT2D eigenvalue weighted by Crippen LogP contribution is -2.08. The average Bonchev–Trinajstić information content (AvgIpc) is 2.97. The minimum absolute atomic E-state index is 0.0662. The molecule has 0 spiro atoms. The number of halogens is 3. The SMILES string of the molecule is COCCc1cn([C@@H](C)c2ccc(C(F)(F)F)cc2)c2ccccc12. The van der Waals surface area contributed by atoms with Gasteiger partial charge in [-0.15, -0.1) is 0 Å². The zero-order chi connectivity index (χ0) is 18.0. The van der Waals surface area contributed by atoms with Crippen LogP contribution in [0.3, 0.4) is 0 Å². The van der Waals surface area contributed by atoms with Crippen LogP contribution in [0.1, 0.15) is 29.7 Å². The average molecular weight is 347 g/mol. The van der Waals surface area contributed by atoms with E-state index in [0.29, 0.717) is 6.61 Å². The van der Waals surface area contributed by atoms with Gasteiger partial charge in [0.25, 0.3) is 0 Å². The molecule has 0 aliphatic carbocycles. The summed E-state index contributed by atoms with van der Waals surface area (Å²) in [5.41, 5.74) is 2.46. The molecule has 0 amide bonds. The number of rotatable bonds is 5. The van der Waals surface area contributed by atoms with Crippen molar-refractivity contribution in [3.8, 4) is 0 Å². The van der Waals surface area contributed by atoms with Crippen LogP contribution in [0, 0.1) is 0 Å². The largest absolute Gasteiger partial charge is 0.416 e. The standard InChI is InChI=1S/C20H20F3NO/c1-14(15-7-9-17(10-8-15)20(21,22)23)24-13-16(11-12-25-2)18-5-3-4-6-19(18)24/h3-10,13-14H,11-12H2,1-2H3/t14-/m0/s1. The fraction of sp³-hybridized carbons (Fsp3) is 0.300. The van der Waals surface area contributed by atoms with E-state index in [0.717, 1.165) is 35.0 Å². The lowest BCUT2D eigenvalue weighted by Gasteiger charge is -2.17. The molecule has 5 heteroatoms. The van der Waals surface area contributed by atoms with Crippen LogP contribution in [0.25, 0.3) is 10.9 Å². The molecule has 3 aromatic rings. The molecule has 0 radical (unpaired) electrons. The van der Waals surface area contributed by atoms with Crippen molar-refractivity contribution in [2.75, 3.05) is 13.7 Å². The molecule has 0 fully saturated rings.